The van der Waals surface area contributed by atoms with Gasteiger partial charge in [-0.3, -0.25) is 9.59 Å². The third-order valence-corrected chi connectivity index (χ3v) is 12.1. The number of fused-ring (bicyclic) bond motifs is 2. The highest BCUT2D eigenvalue weighted by molar-refractivity contribution is 7.89. The summed E-state index contributed by atoms with van der Waals surface area (Å²) < 4.78 is 44.3. The van der Waals surface area contributed by atoms with Crippen LogP contribution in [0.5, 0.6) is 11.5 Å². The number of aromatic nitrogens is 2. The normalized spacial score (nSPS) is 19.4. The van der Waals surface area contributed by atoms with Crippen molar-refractivity contribution < 1.29 is 33.1 Å². The molecule has 268 valence electrons. The molecule has 2 aliphatic heterocycles. The summed E-state index contributed by atoms with van der Waals surface area (Å²) in [6, 6.07) is 12.6. The number of nitrogens with one attached hydrogen (secondary N) is 1. The number of likely N-dealkylation sites (N-methyl/N-ethyl adjacent to an activating group) is 1. The number of carboxylic acid groups (broad SMARTS) is 1. The zero-order valence-electron chi connectivity index (χ0n) is 28.2. The number of rotatable bonds is 9. The van der Waals surface area contributed by atoms with Crippen LogP contribution in [0.4, 0.5) is 10.1 Å². The second-order valence-electron chi connectivity index (χ2n) is 13.0. The van der Waals surface area contributed by atoms with Gasteiger partial charge in [0.05, 0.1) is 52.4 Å². The zero-order valence-corrected chi connectivity index (χ0v) is 30.5. The predicted octanol–water partition coefficient (Wildman–Crippen LogP) is 6.28. The minimum Gasteiger partial charge on any atom is -0.593 e. The first-order valence-corrected chi connectivity index (χ1v) is 18.4. The molecular weight excluding hydrogens is 720 g/mol. The molecule has 7 rings (SSSR count). The molecular formula is C36H36Cl2FN5O6S. The van der Waals surface area contributed by atoms with Crippen molar-refractivity contribution in [3.63, 3.8) is 0 Å². The SMILES string of the molecule is COc1c([S+]([O-])N2CCC(C(=O)O)C2)cc(Cl)c(OC2CCc3c(-c4cccc(NC(=O)c5nc6c(n5C)CCN(C)C6)c4Cl)cccc32)c1F. The van der Waals surface area contributed by atoms with Gasteiger partial charge >= 0.3 is 5.97 Å². The smallest absolute Gasteiger partial charge is 0.308 e. The largest absolute Gasteiger partial charge is 0.593 e. The number of aliphatic carboxylic acids is 1. The van der Waals surface area contributed by atoms with Gasteiger partial charge in [-0.15, -0.1) is 4.31 Å². The van der Waals surface area contributed by atoms with Crippen molar-refractivity contribution in [2.45, 2.75) is 43.2 Å². The molecule has 0 spiro atoms. The molecule has 1 saturated heterocycles. The molecule has 2 N–H and O–H groups in total. The Morgan fingerprint density at radius 3 is 2.59 bits per heavy atom. The fourth-order valence-electron chi connectivity index (χ4n) is 7.22. The molecule has 0 saturated carbocycles. The van der Waals surface area contributed by atoms with Crippen LogP contribution in [0.2, 0.25) is 10.0 Å². The molecule has 1 aliphatic carbocycles. The van der Waals surface area contributed by atoms with Crippen molar-refractivity contribution in [3.8, 4) is 22.6 Å². The first-order chi connectivity index (χ1) is 24.5. The average Bonchev–Trinajstić information content (AvgIpc) is 3.85. The van der Waals surface area contributed by atoms with Gasteiger partial charge in [0.1, 0.15) is 6.10 Å². The van der Waals surface area contributed by atoms with Crippen LogP contribution < -0.4 is 14.8 Å². The Bertz CT molecular complexity index is 2050. The summed E-state index contributed by atoms with van der Waals surface area (Å²) in [4.78, 5) is 31.7. The van der Waals surface area contributed by atoms with Gasteiger partial charge in [0.2, 0.25) is 16.5 Å². The van der Waals surface area contributed by atoms with Gasteiger partial charge in [-0.1, -0.05) is 53.5 Å². The summed E-state index contributed by atoms with van der Waals surface area (Å²) in [5.74, 6) is -3.06. The molecule has 3 unspecified atom stereocenters. The minimum atomic E-state index is -1.90. The first-order valence-electron chi connectivity index (χ1n) is 16.5. The standard InChI is InChI=1S/C36H36Cl2FN5O6S/c1-42-14-13-27-26(18-42)40-34(43(27)2)35(45)41-25-9-5-8-23(30(25)38)20-6-4-7-22-21(20)10-11-28(22)50-32-24(37)16-29(33(49-3)31(32)39)51(48)44-15-12-19(17-44)36(46)47/h4-9,16,19,28H,10-15,17-18H2,1-3H3,(H,41,45)(H,46,47). The number of hydrogen-bond donors (Lipinski definition) is 2. The maximum absolute atomic E-state index is 16.0. The third kappa shape index (κ3) is 6.55. The fraction of sp³-hybridized carbons (Fsp3) is 0.361. The molecule has 3 aromatic carbocycles. The highest BCUT2D eigenvalue weighted by atomic mass is 35.5. The molecule has 3 aliphatic rings. The summed E-state index contributed by atoms with van der Waals surface area (Å²) >= 11 is 11.6. The lowest BCUT2D eigenvalue weighted by Crippen LogP contribution is -2.30. The number of nitrogens with zero attached hydrogens (tertiary/aromatic N) is 4. The van der Waals surface area contributed by atoms with Gasteiger partial charge in [-0.05, 0) is 49.1 Å². The quantitative estimate of drug-likeness (QED) is 0.190. The molecule has 11 nitrogen and oxygen atoms in total. The second kappa shape index (κ2) is 14.3. The van der Waals surface area contributed by atoms with Gasteiger partial charge in [0, 0.05) is 50.4 Å². The van der Waals surface area contributed by atoms with Crippen LogP contribution >= 0.6 is 23.2 Å². The molecule has 4 aromatic rings. The molecule has 3 atom stereocenters. The van der Waals surface area contributed by atoms with E-state index in [0.717, 1.165) is 46.6 Å². The number of methoxy groups -OCH3 is 1. The van der Waals surface area contributed by atoms with E-state index in [-0.39, 0.29) is 40.4 Å². The Balaban J connectivity index is 1.13. The molecule has 1 amide bonds. The Kier molecular flexibility index (Phi) is 9.96. The van der Waals surface area contributed by atoms with E-state index in [9.17, 15) is 19.2 Å². The van der Waals surface area contributed by atoms with Crippen molar-refractivity contribution in [2.24, 2.45) is 13.0 Å². The van der Waals surface area contributed by atoms with Crippen molar-refractivity contribution in [1.82, 2.24) is 18.8 Å². The third-order valence-electron chi connectivity index (χ3n) is 9.89. The lowest BCUT2D eigenvalue weighted by molar-refractivity contribution is -0.141. The number of carbonyl (C=O) groups is 2. The molecule has 0 radical (unpaired) electrons. The molecule has 3 heterocycles. The topological polar surface area (TPSA) is 132 Å². The van der Waals surface area contributed by atoms with Crippen molar-refractivity contribution >= 4 is 52.1 Å². The van der Waals surface area contributed by atoms with Gasteiger partial charge in [-0.25, -0.2) is 4.98 Å². The van der Waals surface area contributed by atoms with E-state index in [1.807, 2.05) is 49.0 Å². The Hall–Kier alpha value is -3.85. The summed E-state index contributed by atoms with van der Waals surface area (Å²) in [6.45, 7) is 1.92. The van der Waals surface area contributed by atoms with Crippen LogP contribution in [0.15, 0.2) is 47.4 Å². The van der Waals surface area contributed by atoms with E-state index in [1.165, 1.54) is 17.5 Å². The van der Waals surface area contributed by atoms with Gasteiger partial charge in [0.15, 0.2) is 11.6 Å². The number of ether oxygens (including phenoxy) is 2. The number of benzene rings is 3. The molecule has 0 bridgehead atoms. The molecule has 15 heteroatoms. The van der Waals surface area contributed by atoms with Crippen molar-refractivity contribution in [3.05, 3.63) is 86.7 Å². The van der Waals surface area contributed by atoms with Crippen LogP contribution in [0.1, 0.15) is 52.1 Å². The van der Waals surface area contributed by atoms with E-state index in [4.69, 9.17) is 32.7 Å². The van der Waals surface area contributed by atoms with E-state index in [1.54, 1.807) is 6.07 Å². The first kappa shape index (κ1) is 35.5. The van der Waals surface area contributed by atoms with Crippen molar-refractivity contribution in [2.75, 3.05) is 39.1 Å². The Labute approximate surface area is 307 Å². The van der Waals surface area contributed by atoms with Crippen LogP contribution in [-0.4, -0.2) is 74.1 Å². The number of amides is 1. The fourth-order valence-corrected chi connectivity index (χ4v) is 9.21. The predicted molar refractivity (Wildman–Crippen MR) is 191 cm³/mol. The summed E-state index contributed by atoms with van der Waals surface area (Å²) in [6.07, 6.45) is 1.72. The number of carboxylic acids is 1. The second-order valence-corrected chi connectivity index (χ2v) is 15.2. The van der Waals surface area contributed by atoms with E-state index >= 15 is 4.39 Å². The molecule has 51 heavy (non-hydrogen) atoms. The zero-order chi connectivity index (χ0) is 36.1. The van der Waals surface area contributed by atoms with Gasteiger partial charge in [-0.2, -0.15) is 4.39 Å². The van der Waals surface area contributed by atoms with Crippen LogP contribution in [-0.2, 0) is 42.6 Å². The number of anilines is 1. The molecule has 1 aromatic heterocycles. The van der Waals surface area contributed by atoms with Gasteiger partial charge < -0.3 is 33.9 Å². The van der Waals surface area contributed by atoms with Crippen LogP contribution in [0.25, 0.3) is 11.1 Å². The van der Waals surface area contributed by atoms with E-state index in [0.29, 0.717) is 42.3 Å². The van der Waals surface area contributed by atoms with Crippen LogP contribution in [0, 0.1) is 11.7 Å². The summed E-state index contributed by atoms with van der Waals surface area (Å²) in [5.41, 5.74) is 5.78. The highest BCUT2D eigenvalue weighted by Crippen LogP contribution is 2.47. The highest BCUT2D eigenvalue weighted by Gasteiger charge is 2.39. The Morgan fingerprint density at radius 1 is 1.08 bits per heavy atom. The maximum atomic E-state index is 16.0. The lowest BCUT2D eigenvalue weighted by atomic mass is 9.96. The minimum absolute atomic E-state index is 0.00391. The van der Waals surface area contributed by atoms with Crippen molar-refractivity contribution in [1.29, 1.82) is 0 Å². The van der Waals surface area contributed by atoms with Crippen LogP contribution in [0.3, 0.4) is 0 Å². The average molecular weight is 757 g/mol. The lowest BCUT2D eigenvalue weighted by Gasteiger charge is -2.23. The molecule has 1 fully saturated rings. The summed E-state index contributed by atoms with van der Waals surface area (Å²) in [7, 11) is 5.15. The monoisotopic (exact) mass is 755 g/mol. The van der Waals surface area contributed by atoms with E-state index < -0.39 is 35.2 Å². The number of hydrogen-bond acceptors (Lipinski definition) is 8. The number of halogens is 3. The summed E-state index contributed by atoms with van der Waals surface area (Å²) in [5, 5.41) is 12.6. The Morgan fingerprint density at radius 2 is 1.84 bits per heavy atom. The van der Waals surface area contributed by atoms with Gasteiger partial charge in [0.25, 0.3) is 5.91 Å². The number of carbonyl (C=O) groups excluding carboxylic acids is 1. The number of imidazole rings is 1. The maximum Gasteiger partial charge on any atom is 0.308 e. The van der Waals surface area contributed by atoms with E-state index in [2.05, 4.69) is 15.2 Å².